The number of carbonyl (C=O) groups is 1. The number of thiazole rings is 1. The molecule has 25 heavy (non-hydrogen) atoms. The van der Waals surface area contributed by atoms with Gasteiger partial charge in [-0.1, -0.05) is 0 Å². The summed E-state index contributed by atoms with van der Waals surface area (Å²) in [6, 6.07) is 5.58. The van der Waals surface area contributed by atoms with Gasteiger partial charge < -0.3 is 9.80 Å². The molecule has 0 atom stereocenters. The van der Waals surface area contributed by atoms with Gasteiger partial charge in [0.15, 0.2) is 5.13 Å². The van der Waals surface area contributed by atoms with E-state index in [4.69, 9.17) is 0 Å². The van der Waals surface area contributed by atoms with E-state index in [1.165, 1.54) is 0 Å². The monoisotopic (exact) mass is 353 g/mol. The van der Waals surface area contributed by atoms with E-state index >= 15 is 0 Å². The molecule has 1 saturated heterocycles. The summed E-state index contributed by atoms with van der Waals surface area (Å²) < 4.78 is 0. The fourth-order valence-corrected chi connectivity index (χ4v) is 3.72. The zero-order valence-electron chi connectivity index (χ0n) is 14.3. The minimum atomic E-state index is 0.0562. The predicted molar refractivity (Wildman–Crippen MR) is 99.2 cm³/mol. The Morgan fingerprint density at radius 1 is 1.04 bits per heavy atom. The number of benzene rings is 1. The first-order valence-electron chi connectivity index (χ1n) is 8.30. The van der Waals surface area contributed by atoms with E-state index in [0.717, 1.165) is 40.6 Å². The number of nitrogens with zero attached hydrogens (tertiary/aromatic N) is 5. The van der Waals surface area contributed by atoms with Crippen molar-refractivity contribution < 1.29 is 4.79 Å². The third-order valence-corrected chi connectivity index (χ3v) is 5.41. The average molecular weight is 353 g/mol. The second-order valence-corrected chi connectivity index (χ2v) is 7.06. The fourth-order valence-electron chi connectivity index (χ4n) is 3.02. The fraction of sp³-hybridized carbons (Fsp3) is 0.333. The molecule has 1 aromatic carbocycles. The maximum atomic E-state index is 12.8. The summed E-state index contributed by atoms with van der Waals surface area (Å²) in [5, 5.41) is 3.01. The molecule has 3 heterocycles. The normalized spacial score (nSPS) is 15.0. The lowest BCUT2D eigenvalue weighted by atomic mass is 10.1. The van der Waals surface area contributed by atoms with Gasteiger partial charge in [0.05, 0.1) is 22.4 Å². The maximum Gasteiger partial charge on any atom is 0.254 e. The highest BCUT2D eigenvalue weighted by Crippen LogP contribution is 2.20. The molecule has 7 heteroatoms. The van der Waals surface area contributed by atoms with Crippen LogP contribution in [0.2, 0.25) is 0 Å². The molecule has 6 nitrogen and oxygen atoms in total. The highest BCUT2D eigenvalue weighted by molar-refractivity contribution is 7.13. The van der Waals surface area contributed by atoms with Crippen molar-refractivity contribution in [2.45, 2.75) is 13.8 Å². The van der Waals surface area contributed by atoms with Crippen LogP contribution < -0.4 is 4.90 Å². The lowest BCUT2D eigenvalue weighted by Gasteiger charge is -2.34. The molecule has 0 N–H and O–H groups in total. The standard InChI is InChI=1S/C18H19N5OS/c1-12-13(2)21-16-11-14(3-4-15(16)20-12)17(24)22-6-8-23(9-7-22)18-19-5-10-25-18/h3-5,10-11H,6-9H2,1-2H3. The summed E-state index contributed by atoms with van der Waals surface area (Å²) in [4.78, 5) is 30.4. The Bertz CT molecular complexity index is 917. The summed E-state index contributed by atoms with van der Waals surface area (Å²) in [5.74, 6) is 0.0562. The van der Waals surface area contributed by atoms with Crippen LogP contribution in [0.5, 0.6) is 0 Å². The van der Waals surface area contributed by atoms with Crippen molar-refractivity contribution in [1.29, 1.82) is 0 Å². The largest absolute Gasteiger partial charge is 0.345 e. The van der Waals surface area contributed by atoms with Gasteiger partial charge in [-0.2, -0.15) is 0 Å². The summed E-state index contributed by atoms with van der Waals surface area (Å²) in [5.41, 5.74) is 4.09. The van der Waals surface area contributed by atoms with Gasteiger partial charge in [0.1, 0.15) is 0 Å². The van der Waals surface area contributed by atoms with Gasteiger partial charge in [-0.05, 0) is 32.0 Å². The number of piperazine rings is 1. The van der Waals surface area contributed by atoms with Crippen LogP contribution in [0.25, 0.3) is 11.0 Å². The average Bonchev–Trinajstić information content (AvgIpc) is 3.16. The van der Waals surface area contributed by atoms with E-state index in [0.29, 0.717) is 18.7 Å². The van der Waals surface area contributed by atoms with Gasteiger partial charge >= 0.3 is 0 Å². The second kappa shape index (κ2) is 6.40. The van der Waals surface area contributed by atoms with E-state index < -0.39 is 0 Å². The van der Waals surface area contributed by atoms with Crippen molar-refractivity contribution in [3.05, 3.63) is 46.7 Å². The topological polar surface area (TPSA) is 62.2 Å². The number of amides is 1. The first-order valence-corrected chi connectivity index (χ1v) is 9.18. The summed E-state index contributed by atoms with van der Waals surface area (Å²) >= 11 is 1.64. The zero-order valence-corrected chi connectivity index (χ0v) is 15.1. The van der Waals surface area contributed by atoms with Crippen LogP contribution in [-0.2, 0) is 0 Å². The molecule has 0 unspecified atom stereocenters. The van der Waals surface area contributed by atoms with E-state index in [1.54, 1.807) is 11.3 Å². The number of rotatable bonds is 2. The number of carbonyl (C=O) groups excluding carboxylic acids is 1. The van der Waals surface area contributed by atoms with Gasteiger partial charge in [0.25, 0.3) is 5.91 Å². The Labute approximate surface area is 150 Å². The van der Waals surface area contributed by atoms with E-state index in [9.17, 15) is 4.79 Å². The molecule has 1 aliphatic heterocycles. The third kappa shape index (κ3) is 3.07. The minimum Gasteiger partial charge on any atom is -0.345 e. The molecular formula is C18H19N5OS. The Balaban J connectivity index is 1.51. The highest BCUT2D eigenvalue weighted by atomic mass is 32.1. The Kier molecular flexibility index (Phi) is 4.09. The number of aryl methyl sites for hydroxylation is 2. The van der Waals surface area contributed by atoms with Crippen molar-refractivity contribution in [2.24, 2.45) is 0 Å². The molecular weight excluding hydrogens is 334 g/mol. The van der Waals surface area contributed by atoms with Crippen molar-refractivity contribution in [1.82, 2.24) is 19.9 Å². The van der Waals surface area contributed by atoms with Crippen molar-refractivity contribution in [2.75, 3.05) is 31.1 Å². The summed E-state index contributed by atoms with van der Waals surface area (Å²) in [7, 11) is 0. The Morgan fingerprint density at radius 3 is 2.44 bits per heavy atom. The number of fused-ring (bicyclic) bond motifs is 1. The number of anilines is 1. The molecule has 2 aromatic heterocycles. The van der Waals surface area contributed by atoms with Gasteiger partial charge in [0.2, 0.25) is 0 Å². The van der Waals surface area contributed by atoms with E-state index in [1.807, 2.05) is 48.5 Å². The first kappa shape index (κ1) is 16.0. The lowest BCUT2D eigenvalue weighted by Crippen LogP contribution is -2.48. The number of aromatic nitrogens is 3. The van der Waals surface area contributed by atoms with E-state index in [-0.39, 0.29) is 5.91 Å². The van der Waals surface area contributed by atoms with Crippen molar-refractivity contribution in [3.8, 4) is 0 Å². The highest BCUT2D eigenvalue weighted by Gasteiger charge is 2.23. The molecule has 0 radical (unpaired) electrons. The van der Waals surface area contributed by atoms with Gasteiger partial charge in [0, 0.05) is 43.3 Å². The molecule has 1 amide bonds. The van der Waals surface area contributed by atoms with Crippen LogP contribution in [0, 0.1) is 13.8 Å². The van der Waals surface area contributed by atoms with Crippen molar-refractivity contribution >= 4 is 33.4 Å². The van der Waals surface area contributed by atoms with Crippen LogP contribution in [0.3, 0.4) is 0 Å². The first-order chi connectivity index (χ1) is 12.1. The molecule has 3 aromatic rings. The van der Waals surface area contributed by atoms with Crippen LogP contribution in [0.15, 0.2) is 29.8 Å². The Hall–Kier alpha value is -2.54. The molecule has 0 saturated carbocycles. The molecule has 1 aliphatic rings. The van der Waals surface area contributed by atoms with Gasteiger partial charge in [-0.3, -0.25) is 4.79 Å². The Morgan fingerprint density at radius 2 is 1.76 bits per heavy atom. The van der Waals surface area contributed by atoms with Crippen molar-refractivity contribution in [3.63, 3.8) is 0 Å². The quantitative estimate of drug-likeness (QED) is 0.709. The summed E-state index contributed by atoms with van der Waals surface area (Å²) in [6.45, 7) is 6.91. The third-order valence-electron chi connectivity index (χ3n) is 4.58. The SMILES string of the molecule is Cc1nc2ccc(C(=O)N3CCN(c4nccs4)CC3)cc2nc1C. The van der Waals surface area contributed by atoms with Crippen LogP contribution in [0.1, 0.15) is 21.7 Å². The minimum absolute atomic E-state index is 0.0562. The van der Waals surface area contributed by atoms with Crippen LogP contribution in [-0.4, -0.2) is 51.9 Å². The summed E-state index contributed by atoms with van der Waals surface area (Å²) in [6.07, 6.45) is 1.82. The molecule has 0 spiro atoms. The smallest absolute Gasteiger partial charge is 0.254 e. The molecule has 128 valence electrons. The van der Waals surface area contributed by atoms with Crippen LogP contribution >= 0.6 is 11.3 Å². The zero-order chi connectivity index (χ0) is 17.4. The van der Waals surface area contributed by atoms with Crippen LogP contribution in [0.4, 0.5) is 5.13 Å². The van der Waals surface area contributed by atoms with Gasteiger partial charge in [-0.15, -0.1) is 11.3 Å². The van der Waals surface area contributed by atoms with Gasteiger partial charge in [-0.25, -0.2) is 15.0 Å². The molecule has 0 bridgehead atoms. The number of hydrogen-bond donors (Lipinski definition) is 0. The molecule has 4 rings (SSSR count). The van der Waals surface area contributed by atoms with E-state index in [2.05, 4.69) is 19.9 Å². The molecule has 1 fully saturated rings. The predicted octanol–water partition coefficient (Wildman–Crippen LogP) is 2.67. The lowest BCUT2D eigenvalue weighted by molar-refractivity contribution is 0.0747. The second-order valence-electron chi connectivity index (χ2n) is 6.19. The maximum absolute atomic E-state index is 12.8. The number of hydrogen-bond acceptors (Lipinski definition) is 6. The molecule has 0 aliphatic carbocycles.